The Balaban J connectivity index is 2.34. The van der Waals surface area contributed by atoms with E-state index in [-0.39, 0.29) is 0 Å². The van der Waals surface area contributed by atoms with E-state index in [1.165, 1.54) is 0 Å². The van der Waals surface area contributed by atoms with Gasteiger partial charge in [0, 0.05) is 15.4 Å². The number of nitrogens with one attached hydrogen (secondary N) is 1. The minimum atomic E-state index is 0.553. The second-order valence-corrected chi connectivity index (χ2v) is 1.42. The highest BCUT2D eigenvalue weighted by Crippen LogP contribution is 1.97. The van der Waals surface area contributed by atoms with Crippen LogP contribution >= 0.6 is 8.81 Å². The van der Waals surface area contributed by atoms with Crippen molar-refractivity contribution in [2.75, 3.05) is 13.2 Å². The molecule has 0 amide bonds. The molecule has 3 heteroatoms. The van der Waals surface area contributed by atoms with Crippen molar-refractivity contribution in [3.63, 3.8) is 0 Å². The lowest BCUT2D eigenvalue weighted by Crippen LogP contribution is -2.06. The first-order valence-corrected chi connectivity index (χ1v) is 3.38. The molecule has 0 aromatic carbocycles. The zero-order valence-corrected chi connectivity index (χ0v) is 5.12. The van der Waals surface area contributed by atoms with Gasteiger partial charge in [0.25, 0.3) is 0 Å². The Hall–Kier alpha value is 0.350. The average Bonchev–Trinajstić information content (AvgIpc) is 1.61. The summed E-state index contributed by atoms with van der Waals surface area (Å²) in [6.45, 7) is 4.86. The second-order valence-electron chi connectivity index (χ2n) is 0.804. The van der Waals surface area contributed by atoms with E-state index in [2.05, 4.69) is 5.48 Å². The molecular formula is C3H10NOP. The molecule has 6 heavy (non-hydrogen) atoms. The van der Waals surface area contributed by atoms with E-state index in [0.29, 0.717) is 8.81 Å². The molecule has 0 aromatic heterocycles. The number of hydroxylamine groups is 1. The van der Waals surface area contributed by atoms with Crippen LogP contribution in [-0.4, -0.2) is 13.2 Å². The predicted molar refractivity (Wildman–Crippen MR) is 29.0 cm³/mol. The Morgan fingerprint density at radius 3 is 2.67 bits per heavy atom. The van der Waals surface area contributed by atoms with Crippen LogP contribution in [0.4, 0.5) is 0 Å². The maximum absolute atomic E-state index is 4.76. The minimum Gasteiger partial charge on any atom is -0.284 e. The highest BCUT2D eigenvalue weighted by Gasteiger charge is 1.69. The molecule has 1 atom stereocenters. The van der Waals surface area contributed by atoms with Gasteiger partial charge in [-0.05, 0) is 6.66 Å². The topological polar surface area (TPSA) is 21.3 Å². The van der Waals surface area contributed by atoms with Crippen molar-refractivity contribution >= 4 is 8.81 Å². The third-order valence-electron chi connectivity index (χ3n) is 0.319. The quantitative estimate of drug-likeness (QED) is 0.326. The van der Waals surface area contributed by atoms with Crippen LogP contribution in [0.5, 0.6) is 0 Å². The van der Waals surface area contributed by atoms with Gasteiger partial charge in [0.2, 0.25) is 0 Å². The first-order chi connectivity index (χ1) is 2.91. The van der Waals surface area contributed by atoms with Crippen LogP contribution in [0.15, 0.2) is 0 Å². The van der Waals surface area contributed by atoms with Crippen LogP contribution in [0.3, 0.4) is 0 Å². The van der Waals surface area contributed by atoms with Crippen LogP contribution in [0.2, 0.25) is 0 Å². The minimum absolute atomic E-state index is 0.553. The van der Waals surface area contributed by atoms with Gasteiger partial charge in [-0.3, -0.25) is 4.62 Å². The van der Waals surface area contributed by atoms with Gasteiger partial charge in [-0.2, -0.15) is 5.48 Å². The Labute approximate surface area is 40.1 Å². The fourth-order valence-electron chi connectivity index (χ4n) is 0.144. The van der Waals surface area contributed by atoms with E-state index >= 15 is 0 Å². The van der Waals surface area contributed by atoms with Crippen molar-refractivity contribution in [1.29, 1.82) is 0 Å². The number of rotatable bonds is 3. The van der Waals surface area contributed by atoms with Crippen LogP contribution in [-0.2, 0) is 4.62 Å². The lowest BCUT2D eigenvalue weighted by Gasteiger charge is -1.94. The normalized spacial score (nSPS) is 11.0. The zero-order valence-electron chi connectivity index (χ0n) is 4.12. The van der Waals surface area contributed by atoms with E-state index in [9.17, 15) is 0 Å². The zero-order chi connectivity index (χ0) is 4.83. The molecule has 0 heterocycles. The van der Waals surface area contributed by atoms with Crippen molar-refractivity contribution in [3.8, 4) is 0 Å². The summed E-state index contributed by atoms with van der Waals surface area (Å²) < 4.78 is 4.76. The molecule has 38 valence electrons. The molecule has 0 rings (SSSR count). The highest BCUT2D eigenvalue weighted by molar-refractivity contribution is 7.31. The van der Waals surface area contributed by atoms with Crippen molar-refractivity contribution in [3.05, 3.63) is 0 Å². The number of hydrogen-bond donors (Lipinski definition) is 1. The molecule has 0 aromatic rings. The van der Waals surface area contributed by atoms with Crippen LogP contribution in [0.25, 0.3) is 0 Å². The molecule has 1 unspecified atom stereocenters. The summed E-state index contributed by atoms with van der Waals surface area (Å²) >= 11 is 0. The van der Waals surface area contributed by atoms with Gasteiger partial charge in [0.15, 0.2) is 0 Å². The van der Waals surface area contributed by atoms with E-state index in [4.69, 9.17) is 4.62 Å². The first kappa shape index (κ1) is 6.35. The van der Waals surface area contributed by atoms with Crippen molar-refractivity contribution in [2.24, 2.45) is 0 Å². The van der Waals surface area contributed by atoms with Gasteiger partial charge in [-0.15, -0.1) is 0 Å². The summed E-state index contributed by atoms with van der Waals surface area (Å²) in [4.78, 5) is 0. The maximum atomic E-state index is 4.76. The third kappa shape index (κ3) is 4.35. The second kappa shape index (κ2) is 5.35. The molecule has 0 aliphatic carbocycles. The van der Waals surface area contributed by atoms with Crippen LogP contribution in [0.1, 0.15) is 6.92 Å². The molecule has 0 aliphatic heterocycles. The molecule has 0 fully saturated rings. The summed E-state index contributed by atoms with van der Waals surface area (Å²) in [5, 5.41) is 0. The molecule has 0 spiro atoms. The summed E-state index contributed by atoms with van der Waals surface area (Å²) in [5.41, 5.74) is 2.71. The Kier molecular flexibility index (Phi) is 5.66. The van der Waals surface area contributed by atoms with Gasteiger partial charge in [0.05, 0.1) is 0 Å². The molecule has 2 nitrogen and oxygen atoms in total. The molecule has 0 aliphatic rings. The van der Waals surface area contributed by atoms with Crippen LogP contribution < -0.4 is 5.48 Å². The van der Waals surface area contributed by atoms with E-state index in [1.54, 1.807) is 0 Å². The molecule has 1 N–H and O–H groups in total. The van der Waals surface area contributed by atoms with Crippen molar-refractivity contribution in [2.45, 2.75) is 6.92 Å². The fraction of sp³-hybridized carbons (Fsp3) is 1.00. The summed E-state index contributed by atoms with van der Waals surface area (Å²) in [7, 11) is 0.553. The smallest absolute Gasteiger partial charge is 0.0370 e. The van der Waals surface area contributed by atoms with E-state index in [1.807, 2.05) is 13.6 Å². The molecular weight excluding hydrogens is 97.0 g/mol. The Morgan fingerprint density at radius 2 is 2.50 bits per heavy atom. The lowest BCUT2D eigenvalue weighted by molar-refractivity contribution is 0.238. The fourth-order valence-corrected chi connectivity index (χ4v) is 0.433. The SMILES string of the molecule is CCNOPC. The van der Waals surface area contributed by atoms with Gasteiger partial charge in [-0.25, -0.2) is 0 Å². The third-order valence-corrected chi connectivity index (χ3v) is 0.667. The molecule has 0 saturated heterocycles. The van der Waals surface area contributed by atoms with Crippen molar-refractivity contribution in [1.82, 2.24) is 5.48 Å². The molecule has 0 bridgehead atoms. The Bertz CT molecular complexity index is 22.8. The van der Waals surface area contributed by atoms with Gasteiger partial charge < -0.3 is 0 Å². The standard InChI is InChI=1S/C3H10NOP/c1-3-4-5-6-2/h4,6H,3H2,1-2H3. The highest BCUT2D eigenvalue weighted by atomic mass is 31.1. The maximum Gasteiger partial charge on any atom is 0.0370 e. The average molecular weight is 107 g/mol. The summed E-state index contributed by atoms with van der Waals surface area (Å²) in [6.07, 6.45) is 0. The Morgan fingerprint density at radius 1 is 1.83 bits per heavy atom. The predicted octanol–water partition coefficient (Wildman–Crippen LogP) is 0.751. The number of hydrogen-bond acceptors (Lipinski definition) is 2. The van der Waals surface area contributed by atoms with Crippen molar-refractivity contribution < 1.29 is 4.62 Å². The van der Waals surface area contributed by atoms with Gasteiger partial charge in [-0.1, -0.05) is 6.92 Å². The lowest BCUT2D eigenvalue weighted by atomic mass is 10.8. The van der Waals surface area contributed by atoms with E-state index < -0.39 is 0 Å². The molecule has 0 radical (unpaired) electrons. The summed E-state index contributed by atoms with van der Waals surface area (Å²) in [5.74, 6) is 0. The van der Waals surface area contributed by atoms with Gasteiger partial charge >= 0.3 is 0 Å². The van der Waals surface area contributed by atoms with Gasteiger partial charge in [0.1, 0.15) is 0 Å². The molecule has 0 saturated carbocycles. The first-order valence-electron chi connectivity index (χ1n) is 1.97. The largest absolute Gasteiger partial charge is 0.284 e. The monoisotopic (exact) mass is 107 g/mol. The summed E-state index contributed by atoms with van der Waals surface area (Å²) in [6, 6.07) is 0. The van der Waals surface area contributed by atoms with E-state index in [0.717, 1.165) is 6.54 Å². The van der Waals surface area contributed by atoms with Crippen LogP contribution in [0, 0.1) is 0 Å².